The molecule has 11 heteroatoms. The molecule has 1 heterocycles. The second-order valence-electron chi connectivity index (χ2n) is 6.22. The summed E-state index contributed by atoms with van der Waals surface area (Å²) >= 11 is 0. The Labute approximate surface area is 152 Å². The van der Waals surface area contributed by atoms with E-state index in [9.17, 15) is 23.2 Å². The Bertz CT molecular complexity index is 855. The summed E-state index contributed by atoms with van der Waals surface area (Å²) in [5.74, 6) is -3.48. The van der Waals surface area contributed by atoms with Gasteiger partial charge in [-0.15, -0.1) is 0 Å². The fourth-order valence-corrected chi connectivity index (χ4v) is 2.79. The lowest BCUT2D eigenvalue weighted by atomic mass is 9.93. The van der Waals surface area contributed by atoms with Gasteiger partial charge in [-0.25, -0.2) is 13.6 Å². The summed E-state index contributed by atoms with van der Waals surface area (Å²) in [5, 5.41) is 18.2. The van der Waals surface area contributed by atoms with Crippen LogP contribution >= 0.6 is 0 Å². The third-order valence-corrected chi connectivity index (χ3v) is 4.37. The number of rotatable bonds is 7. The molecule has 1 aromatic carbocycles. The molecule has 0 spiro atoms. The van der Waals surface area contributed by atoms with Crippen LogP contribution < -0.4 is 21.4 Å². The second-order valence-corrected chi connectivity index (χ2v) is 6.22. The predicted molar refractivity (Wildman–Crippen MR) is 91.3 cm³/mol. The van der Waals surface area contributed by atoms with Gasteiger partial charge in [0.15, 0.2) is 17.3 Å². The van der Waals surface area contributed by atoms with E-state index >= 15 is 0 Å². The summed E-state index contributed by atoms with van der Waals surface area (Å²) in [4.78, 5) is 35.8. The highest BCUT2D eigenvalue weighted by molar-refractivity contribution is 6.60. The zero-order valence-corrected chi connectivity index (χ0v) is 13.9. The number of amides is 4. The van der Waals surface area contributed by atoms with E-state index in [-0.39, 0.29) is 23.9 Å². The molecule has 1 aromatic rings. The van der Waals surface area contributed by atoms with Gasteiger partial charge < -0.3 is 16.0 Å². The molecule has 3 rings (SSSR count). The summed E-state index contributed by atoms with van der Waals surface area (Å²) < 4.78 is 26.1. The van der Waals surface area contributed by atoms with E-state index in [4.69, 9.17) is 5.41 Å². The van der Waals surface area contributed by atoms with E-state index in [0.29, 0.717) is 6.21 Å². The fraction of sp³-hybridized carbons (Fsp3) is 0.312. The Morgan fingerprint density at radius 2 is 2.07 bits per heavy atom. The van der Waals surface area contributed by atoms with E-state index < -0.39 is 35.0 Å². The van der Waals surface area contributed by atoms with Crippen molar-refractivity contribution in [1.82, 2.24) is 16.0 Å². The van der Waals surface area contributed by atoms with Crippen LogP contribution in [-0.4, -0.2) is 41.9 Å². The molecule has 0 radical (unpaired) electrons. The highest BCUT2D eigenvalue weighted by Crippen LogP contribution is 2.40. The topological polar surface area (TPSA) is 136 Å². The van der Waals surface area contributed by atoms with Crippen molar-refractivity contribution in [3.63, 3.8) is 0 Å². The van der Waals surface area contributed by atoms with Gasteiger partial charge in [-0.3, -0.25) is 20.3 Å². The minimum Gasteiger partial charge on any atom is -0.348 e. The number of nitrogens with zero attached hydrogens (tertiary/aromatic N) is 1. The third kappa shape index (κ3) is 3.76. The van der Waals surface area contributed by atoms with Crippen LogP contribution in [0.15, 0.2) is 23.3 Å². The number of imide groups is 1. The maximum atomic E-state index is 13.2. The second kappa shape index (κ2) is 7.09. The van der Waals surface area contributed by atoms with Gasteiger partial charge in [-0.05, 0) is 30.9 Å². The Kier molecular flexibility index (Phi) is 4.84. The Balaban J connectivity index is 1.66. The van der Waals surface area contributed by atoms with E-state index in [0.717, 1.165) is 25.0 Å². The molecule has 1 atom stereocenters. The van der Waals surface area contributed by atoms with Crippen LogP contribution in [0.25, 0.3) is 0 Å². The monoisotopic (exact) mass is 378 g/mol. The molecule has 142 valence electrons. The number of nitrogens with one attached hydrogen (secondary N) is 5. The van der Waals surface area contributed by atoms with Gasteiger partial charge in [-0.2, -0.15) is 5.10 Å². The summed E-state index contributed by atoms with van der Waals surface area (Å²) in [6.45, 7) is -0.161. The first-order valence-corrected chi connectivity index (χ1v) is 8.07. The molecule has 4 amide bonds. The van der Waals surface area contributed by atoms with Gasteiger partial charge in [-0.1, -0.05) is 0 Å². The lowest BCUT2D eigenvalue weighted by Crippen LogP contribution is -2.57. The van der Waals surface area contributed by atoms with Crippen molar-refractivity contribution < 1.29 is 23.2 Å². The van der Waals surface area contributed by atoms with E-state index in [2.05, 4.69) is 26.5 Å². The molecule has 1 aliphatic carbocycles. The van der Waals surface area contributed by atoms with E-state index in [1.807, 2.05) is 0 Å². The summed E-state index contributed by atoms with van der Waals surface area (Å²) in [5.41, 5.74) is 0.868. The molecule has 1 saturated carbocycles. The fourth-order valence-electron chi connectivity index (χ4n) is 2.79. The average Bonchev–Trinajstić information content (AvgIpc) is 3.43. The molecule has 2 fully saturated rings. The molecule has 0 unspecified atom stereocenters. The number of urea groups is 1. The molecule has 9 nitrogen and oxygen atoms in total. The van der Waals surface area contributed by atoms with Crippen molar-refractivity contribution in [3.8, 4) is 0 Å². The standard InChI is InChI=1S/C16H16F2N6O3/c17-10-4-3-9(5-11(10)18)23-24-12(6-19)13(25)20-7-16(8-1-2-8)14(26)21-15(27)22-16/h3-6,8,19,23H,1-2,7H2,(H,20,25)(H2,21,22,26,27)/b19-6?,24-12+/t16-/m0/s1. The first-order valence-electron chi connectivity index (χ1n) is 8.07. The van der Waals surface area contributed by atoms with Crippen molar-refractivity contribution in [2.24, 2.45) is 11.0 Å². The number of carbonyl (C=O) groups is 3. The Morgan fingerprint density at radius 1 is 1.33 bits per heavy atom. The Hall–Kier alpha value is -3.37. The zero-order valence-electron chi connectivity index (χ0n) is 13.9. The molecular weight excluding hydrogens is 362 g/mol. The van der Waals surface area contributed by atoms with Gasteiger partial charge in [0.2, 0.25) is 0 Å². The van der Waals surface area contributed by atoms with Gasteiger partial charge in [0.05, 0.1) is 18.4 Å². The predicted octanol–water partition coefficient (Wildman–Crippen LogP) is 0.487. The maximum absolute atomic E-state index is 13.2. The molecule has 1 aliphatic heterocycles. The molecular formula is C16H16F2N6O3. The van der Waals surface area contributed by atoms with Gasteiger partial charge in [0.1, 0.15) is 5.54 Å². The van der Waals surface area contributed by atoms with Crippen molar-refractivity contribution in [1.29, 1.82) is 5.41 Å². The Morgan fingerprint density at radius 3 is 2.63 bits per heavy atom. The number of hydrazone groups is 1. The summed E-state index contributed by atoms with van der Waals surface area (Å²) in [6, 6.07) is 2.32. The number of anilines is 1. The maximum Gasteiger partial charge on any atom is 0.322 e. The van der Waals surface area contributed by atoms with Crippen molar-refractivity contribution in [3.05, 3.63) is 29.8 Å². The molecule has 5 N–H and O–H groups in total. The number of hydrogen-bond acceptors (Lipinski definition) is 6. The van der Waals surface area contributed by atoms with Crippen LogP contribution in [0.5, 0.6) is 0 Å². The molecule has 0 bridgehead atoms. The lowest BCUT2D eigenvalue weighted by Gasteiger charge is -2.26. The van der Waals surface area contributed by atoms with Crippen LogP contribution in [0.3, 0.4) is 0 Å². The van der Waals surface area contributed by atoms with Crippen LogP contribution in [0.2, 0.25) is 0 Å². The van der Waals surface area contributed by atoms with Gasteiger partial charge >= 0.3 is 6.03 Å². The molecule has 27 heavy (non-hydrogen) atoms. The number of benzene rings is 1. The first-order chi connectivity index (χ1) is 12.9. The normalized spacial score (nSPS) is 22.1. The third-order valence-electron chi connectivity index (χ3n) is 4.37. The largest absolute Gasteiger partial charge is 0.348 e. The van der Waals surface area contributed by atoms with Gasteiger partial charge in [0.25, 0.3) is 11.8 Å². The van der Waals surface area contributed by atoms with Crippen LogP contribution in [0, 0.1) is 23.0 Å². The van der Waals surface area contributed by atoms with E-state index in [1.165, 1.54) is 6.07 Å². The van der Waals surface area contributed by atoms with Crippen molar-refractivity contribution in [2.75, 3.05) is 12.0 Å². The summed E-state index contributed by atoms with van der Waals surface area (Å²) in [7, 11) is 0. The van der Waals surface area contributed by atoms with Crippen LogP contribution in [-0.2, 0) is 9.59 Å². The average molecular weight is 378 g/mol. The molecule has 2 aliphatic rings. The van der Waals surface area contributed by atoms with Crippen molar-refractivity contribution >= 4 is 35.5 Å². The molecule has 0 aromatic heterocycles. The SMILES string of the molecule is N=C/C(=N\Nc1ccc(F)c(F)c1)C(=O)NC[C@@]1(C2CC2)NC(=O)NC1=O. The van der Waals surface area contributed by atoms with Crippen LogP contribution in [0.1, 0.15) is 12.8 Å². The lowest BCUT2D eigenvalue weighted by molar-refractivity contribution is -0.125. The number of hydrogen-bond donors (Lipinski definition) is 5. The quantitative estimate of drug-likeness (QED) is 0.268. The smallest absolute Gasteiger partial charge is 0.322 e. The number of carbonyl (C=O) groups excluding carboxylic acids is 3. The molecule has 1 saturated heterocycles. The highest BCUT2D eigenvalue weighted by Gasteiger charge is 2.56. The van der Waals surface area contributed by atoms with Crippen molar-refractivity contribution in [2.45, 2.75) is 18.4 Å². The number of halogens is 2. The summed E-state index contributed by atoms with van der Waals surface area (Å²) in [6.07, 6.45) is 2.15. The minimum absolute atomic E-state index is 0.0788. The highest BCUT2D eigenvalue weighted by atomic mass is 19.2. The van der Waals surface area contributed by atoms with E-state index in [1.54, 1.807) is 0 Å². The minimum atomic E-state index is -1.21. The van der Waals surface area contributed by atoms with Crippen LogP contribution in [0.4, 0.5) is 19.3 Å². The van der Waals surface area contributed by atoms with Gasteiger partial charge in [0, 0.05) is 6.07 Å². The zero-order chi connectivity index (χ0) is 19.6. The first kappa shape index (κ1) is 18.4.